The maximum Gasteiger partial charge on any atom is 0.316 e. The Morgan fingerprint density at radius 2 is 2.13 bits per heavy atom. The summed E-state index contributed by atoms with van der Waals surface area (Å²) >= 11 is 0. The second-order valence-electron chi connectivity index (χ2n) is 3.26. The van der Waals surface area contributed by atoms with Gasteiger partial charge in [0.05, 0.1) is 7.11 Å². The van der Waals surface area contributed by atoms with Crippen molar-refractivity contribution in [3.05, 3.63) is 23.7 Å². The molecule has 0 N–H and O–H groups in total. The van der Waals surface area contributed by atoms with Crippen LogP contribution < -0.4 is 0 Å². The summed E-state index contributed by atoms with van der Waals surface area (Å²) in [5.41, 5.74) is 0. The number of carbonyl (C=O) groups excluding carboxylic acids is 2. The molecular weight excluding hydrogens is 196 g/mol. The highest BCUT2D eigenvalue weighted by Crippen LogP contribution is 2.16. The predicted molar refractivity (Wildman–Crippen MR) is 53.6 cm³/mol. The topological polar surface area (TPSA) is 56.5 Å². The Morgan fingerprint density at radius 3 is 2.53 bits per heavy atom. The van der Waals surface area contributed by atoms with Crippen molar-refractivity contribution in [2.45, 2.75) is 20.3 Å². The van der Waals surface area contributed by atoms with Gasteiger partial charge in [0.2, 0.25) is 5.78 Å². The molecule has 0 amide bonds. The average Bonchev–Trinajstić information content (AvgIpc) is 2.65. The summed E-state index contributed by atoms with van der Waals surface area (Å²) < 4.78 is 9.72. The van der Waals surface area contributed by atoms with E-state index in [4.69, 9.17) is 4.42 Å². The molecule has 0 saturated heterocycles. The second-order valence-corrected chi connectivity index (χ2v) is 3.26. The van der Waals surface area contributed by atoms with E-state index in [0.29, 0.717) is 12.2 Å². The highest BCUT2D eigenvalue weighted by Gasteiger charge is 2.28. The minimum absolute atomic E-state index is 0.213. The van der Waals surface area contributed by atoms with Gasteiger partial charge in [0, 0.05) is 0 Å². The maximum atomic E-state index is 11.8. The number of hydrogen-bond donors (Lipinski definition) is 0. The van der Waals surface area contributed by atoms with Crippen LogP contribution in [0.25, 0.3) is 0 Å². The number of hydrogen-bond acceptors (Lipinski definition) is 4. The zero-order valence-corrected chi connectivity index (χ0v) is 9.07. The van der Waals surface area contributed by atoms with Crippen molar-refractivity contribution >= 4 is 11.8 Å². The molecule has 0 fully saturated rings. The molecule has 1 unspecified atom stereocenters. The molecule has 1 aromatic heterocycles. The van der Waals surface area contributed by atoms with Crippen LogP contribution in [0.15, 0.2) is 16.5 Å². The van der Waals surface area contributed by atoms with Crippen LogP contribution >= 0.6 is 0 Å². The van der Waals surface area contributed by atoms with E-state index in [0.717, 1.165) is 0 Å². The van der Waals surface area contributed by atoms with Crippen LogP contribution in [0.4, 0.5) is 0 Å². The van der Waals surface area contributed by atoms with E-state index < -0.39 is 11.9 Å². The molecule has 0 bridgehead atoms. The van der Waals surface area contributed by atoms with Crippen LogP contribution in [-0.4, -0.2) is 18.9 Å². The second kappa shape index (κ2) is 4.77. The van der Waals surface area contributed by atoms with Crippen LogP contribution in [0.5, 0.6) is 0 Å². The van der Waals surface area contributed by atoms with E-state index in [-0.39, 0.29) is 11.5 Å². The molecule has 0 radical (unpaired) electrons. The van der Waals surface area contributed by atoms with Gasteiger partial charge in [0.25, 0.3) is 0 Å². The van der Waals surface area contributed by atoms with Gasteiger partial charge in [-0.1, -0.05) is 6.92 Å². The van der Waals surface area contributed by atoms with Crippen LogP contribution in [0.3, 0.4) is 0 Å². The van der Waals surface area contributed by atoms with E-state index in [1.54, 1.807) is 26.0 Å². The Morgan fingerprint density at radius 1 is 1.47 bits per heavy atom. The highest BCUT2D eigenvalue weighted by molar-refractivity contribution is 6.07. The van der Waals surface area contributed by atoms with Gasteiger partial charge in [-0.2, -0.15) is 0 Å². The maximum absolute atomic E-state index is 11.8. The Kier molecular flexibility index (Phi) is 3.66. The Labute approximate surface area is 88.2 Å². The van der Waals surface area contributed by atoms with Crippen molar-refractivity contribution in [3.63, 3.8) is 0 Å². The molecule has 82 valence electrons. The molecule has 0 aromatic carbocycles. The van der Waals surface area contributed by atoms with Gasteiger partial charge in [0.1, 0.15) is 11.7 Å². The molecule has 0 aliphatic rings. The van der Waals surface area contributed by atoms with Crippen LogP contribution in [0.2, 0.25) is 0 Å². The van der Waals surface area contributed by atoms with Crippen molar-refractivity contribution in [2.75, 3.05) is 7.11 Å². The summed E-state index contributed by atoms with van der Waals surface area (Å²) in [5.74, 6) is -0.739. The number of carbonyl (C=O) groups is 2. The lowest BCUT2D eigenvalue weighted by atomic mass is 10.00. The molecule has 0 aliphatic heterocycles. The lowest BCUT2D eigenvalue weighted by Gasteiger charge is -2.08. The number of rotatable bonds is 4. The van der Waals surface area contributed by atoms with Gasteiger partial charge >= 0.3 is 5.97 Å². The standard InChI is InChI=1S/C11H14O4/c1-4-8(11(13)14-3)10(12)9-6-5-7(2)15-9/h5-6,8H,4H2,1-3H3. The van der Waals surface area contributed by atoms with Gasteiger partial charge in [-0.3, -0.25) is 9.59 Å². The van der Waals surface area contributed by atoms with Gasteiger partial charge in [-0.05, 0) is 25.5 Å². The molecule has 0 aliphatic carbocycles. The molecule has 1 heterocycles. The van der Waals surface area contributed by atoms with E-state index >= 15 is 0 Å². The van der Waals surface area contributed by atoms with Crippen molar-refractivity contribution < 1.29 is 18.7 Å². The van der Waals surface area contributed by atoms with Crippen LogP contribution in [-0.2, 0) is 9.53 Å². The van der Waals surface area contributed by atoms with Crippen LogP contribution in [0, 0.1) is 12.8 Å². The molecule has 0 saturated carbocycles. The van der Waals surface area contributed by atoms with E-state index in [9.17, 15) is 9.59 Å². The SMILES string of the molecule is CCC(C(=O)OC)C(=O)c1ccc(C)o1. The molecule has 4 nitrogen and oxygen atoms in total. The Balaban J connectivity index is 2.87. The molecule has 0 spiro atoms. The summed E-state index contributed by atoms with van der Waals surface area (Å²) in [7, 11) is 1.27. The lowest BCUT2D eigenvalue weighted by molar-refractivity contribution is -0.143. The number of ketones is 1. The normalized spacial score (nSPS) is 12.2. The van der Waals surface area contributed by atoms with Crippen molar-refractivity contribution in [1.82, 2.24) is 0 Å². The smallest absolute Gasteiger partial charge is 0.316 e. The molecular formula is C11H14O4. The van der Waals surface area contributed by atoms with Gasteiger partial charge in [-0.15, -0.1) is 0 Å². The molecule has 1 rings (SSSR count). The largest absolute Gasteiger partial charge is 0.468 e. The van der Waals surface area contributed by atoms with E-state index in [1.165, 1.54) is 7.11 Å². The van der Waals surface area contributed by atoms with Gasteiger partial charge < -0.3 is 9.15 Å². The first-order valence-electron chi connectivity index (χ1n) is 4.78. The average molecular weight is 210 g/mol. The fraction of sp³-hybridized carbons (Fsp3) is 0.455. The van der Waals surface area contributed by atoms with Crippen molar-refractivity contribution in [3.8, 4) is 0 Å². The number of ether oxygens (including phenoxy) is 1. The zero-order chi connectivity index (χ0) is 11.4. The summed E-state index contributed by atoms with van der Waals surface area (Å²) in [6, 6.07) is 3.26. The third-order valence-electron chi connectivity index (χ3n) is 2.19. The van der Waals surface area contributed by atoms with E-state index in [2.05, 4.69) is 4.74 Å². The first kappa shape index (κ1) is 11.5. The fourth-order valence-electron chi connectivity index (χ4n) is 1.34. The van der Waals surface area contributed by atoms with E-state index in [1.807, 2.05) is 0 Å². The third-order valence-corrected chi connectivity index (χ3v) is 2.19. The number of methoxy groups -OCH3 is 1. The molecule has 4 heteroatoms. The number of esters is 1. The third kappa shape index (κ3) is 2.46. The highest BCUT2D eigenvalue weighted by atomic mass is 16.5. The first-order chi connectivity index (χ1) is 7.10. The van der Waals surface area contributed by atoms with Gasteiger partial charge in [-0.25, -0.2) is 0 Å². The zero-order valence-electron chi connectivity index (χ0n) is 9.07. The Hall–Kier alpha value is -1.58. The minimum atomic E-state index is -0.763. The monoisotopic (exact) mass is 210 g/mol. The summed E-state index contributed by atoms with van der Waals surface area (Å²) in [6.45, 7) is 3.51. The number of aryl methyl sites for hydroxylation is 1. The number of Topliss-reactive ketones (excluding diaryl/α,β-unsaturated/α-hetero) is 1. The first-order valence-corrected chi connectivity index (χ1v) is 4.78. The lowest BCUT2D eigenvalue weighted by Crippen LogP contribution is -2.24. The van der Waals surface area contributed by atoms with Crippen LogP contribution in [0.1, 0.15) is 29.7 Å². The van der Waals surface area contributed by atoms with Crippen molar-refractivity contribution in [2.24, 2.45) is 5.92 Å². The molecule has 1 atom stereocenters. The molecule has 1 aromatic rings. The van der Waals surface area contributed by atoms with Crippen molar-refractivity contribution in [1.29, 1.82) is 0 Å². The summed E-state index contributed by atoms with van der Waals surface area (Å²) in [4.78, 5) is 23.1. The fourth-order valence-corrected chi connectivity index (χ4v) is 1.34. The summed E-state index contributed by atoms with van der Waals surface area (Å²) in [6.07, 6.45) is 0.408. The Bertz CT molecular complexity index is 364. The number of furan rings is 1. The summed E-state index contributed by atoms with van der Waals surface area (Å²) in [5, 5.41) is 0. The quantitative estimate of drug-likeness (QED) is 0.433. The minimum Gasteiger partial charge on any atom is -0.468 e. The predicted octanol–water partition coefficient (Wildman–Crippen LogP) is 1.97. The van der Waals surface area contributed by atoms with Gasteiger partial charge in [0.15, 0.2) is 5.76 Å². The molecule has 15 heavy (non-hydrogen) atoms.